The third-order valence-corrected chi connectivity index (χ3v) is 6.21. The van der Waals surface area contributed by atoms with Crippen LogP contribution in [-0.4, -0.2) is 30.5 Å². The number of rotatable bonds is 5. The molecule has 4 rings (SSSR count). The van der Waals surface area contributed by atoms with Crippen LogP contribution in [0.3, 0.4) is 0 Å². The summed E-state index contributed by atoms with van der Waals surface area (Å²) in [6, 6.07) is 20.4. The number of fused-ring (bicyclic) bond motifs is 1. The first kappa shape index (κ1) is 22.3. The van der Waals surface area contributed by atoms with E-state index in [9.17, 15) is 18.3 Å². The van der Waals surface area contributed by atoms with E-state index in [1.54, 1.807) is 12.1 Å². The first-order valence-electron chi connectivity index (χ1n) is 10.5. The Bertz CT molecular complexity index is 1130. The SMILES string of the molecule is Cc1cccc(CC2(c3cccc(C)c3)CN(C[C@@H](O)C(F)(F)F)c3c(F)cccc32)c1. The third-order valence-electron chi connectivity index (χ3n) is 6.21. The zero-order valence-electron chi connectivity index (χ0n) is 18.0. The minimum absolute atomic E-state index is 0.130. The lowest BCUT2D eigenvalue weighted by atomic mass is 9.71. The minimum atomic E-state index is -4.78. The highest BCUT2D eigenvalue weighted by molar-refractivity contribution is 5.68. The molecule has 2 atom stereocenters. The molecule has 1 N–H and O–H groups in total. The van der Waals surface area contributed by atoms with Crippen LogP contribution in [0.25, 0.3) is 0 Å². The molecule has 0 aromatic heterocycles. The number of aliphatic hydroxyl groups is 1. The second-order valence-electron chi connectivity index (χ2n) is 8.69. The Balaban J connectivity index is 1.89. The van der Waals surface area contributed by atoms with Gasteiger partial charge in [0.2, 0.25) is 0 Å². The molecular weight excluding hydrogens is 418 g/mol. The van der Waals surface area contributed by atoms with Gasteiger partial charge < -0.3 is 10.0 Å². The van der Waals surface area contributed by atoms with E-state index in [0.717, 1.165) is 22.3 Å². The number of alkyl halides is 3. The van der Waals surface area contributed by atoms with E-state index in [1.165, 1.54) is 11.0 Å². The van der Waals surface area contributed by atoms with Crippen molar-refractivity contribution in [2.75, 3.05) is 18.0 Å². The number of β-amino-alcohol motifs (C(OH)–C–C–N with tert-alkyl or cyclic N) is 1. The monoisotopic (exact) mass is 443 g/mol. The van der Waals surface area contributed by atoms with Crippen LogP contribution >= 0.6 is 0 Å². The van der Waals surface area contributed by atoms with E-state index >= 15 is 4.39 Å². The summed E-state index contributed by atoms with van der Waals surface area (Å²) in [4.78, 5) is 1.35. The maximum atomic E-state index is 15.0. The highest BCUT2D eigenvalue weighted by Gasteiger charge is 2.48. The maximum Gasteiger partial charge on any atom is 0.416 e. The van der Waals surface area contributed by atoms with Crippen LogP contribution in [-0.2, 0) is 11.8 Å². The van der Waals surface area contributed by atoms with Crippen molar-refractivity contribution in [3.05, 3.63) is 100 Å². The van der Waals surface area contributed by atoms with Crippen molar-refractivity contribution in [3.8, 4) is 0 Å². The molecule has 0 bridgehead atoms. The summed E-state index contributed by atoms with van der Waals surface area (Å²) in [6.45, 7) is 3.35. The molecule has 6 heteroatoms. The fraction of sp³-hybridized carbons (Fsp3) is 0.308. The van der Waals surface area contributed by atoms with Gasteiger partial charge in [0.15, 0.2) is 6.10 Å². The van der Waals surface area contributed by atoms with E-state index in [0.29, 0.717) is 12.0 Å². The fourth-order valence-electron chi connectivity index (χ4n) is 4.79. The standard InChI is InChI=1S/C26H25F4NO/c1-17-6-3-8-19(12-17)14-25(20-9-4-7-18(2)13-20)16-31(15-23(32)26(28,29)30)24-21(25)10-5-11-22(24)27/h3-13,23,32H,14-16H2,1-2H3/t23-,25?/m1/s1. The Hall–Kier alpha value is -2.86. The summed E-state index contributed by atoms with van der Waals surface area (Å²) in [5, 5.41) is 9.78. The van der Waals surface area contributed by atoms with Crippen molar-refractivity contribution in [3.63, 3.8) is 0 Å². The fourth-order valence-corrected chi connectivity index (χ4v) is 4.79. The number of hydrogen-bond donors (Lipinski definition) is 1. The molecule has 3 aromatic carbocycles. The van der Waals surface area contributed by atoms with Gasteiger partial charge in [0, 0.05) is 12.0 Å². The van der Waals surface area contributed by atoms with Crippen molar-refractivity contribution < 1.29 is 22.7 Å². The number of nitrogens with zero attached hydrogens (tertiary/aromatic N) is 1. The third kappa shape index (κ3) is 4.11. The predicted molar refractivity (Wildman–Crippen MR) is 118 cm³/mol. The number of para-hydroxylation sites is 1. The van der Waals surface area contributed by atoms with Gasteiger partial charge >= 0.3 is 6.18 Å². The van der Waals surface area contributed by atoms with Gasteiger partial charge in [0.1, 0.15) is 5.82 Å². The summed E-state index contributed by atoms with van der Waals surface area (Å²) in [7, 11) is 0. The molecule has 2 nitrogen and oxygen atoms in total. The molecule has 0 radical (unpaired) electrons. The van der Waals surface area contributed by atoms with Crippen LogP contribution in [0.2, 0.25) is 0 Å². The normalized spacial score (nSPS) is 19.2. The first-order chi connectivity index (χ1) is 15.1. The Kier molecular flexibility index (Phi) is 5.76. The average Bonchev–Trinajstić information content (AvgIpc) is 3.03. The van der Waals surface area contributed by atoms with Crippen LogP contribution in [0.5, 0.6) is 0 Å². The lowest BCUT2D eigenvalue weighted by molar-refractivity contribution is -0.200. The highest BCUT2D eigenvalue weighted by Crippen LogP contribution is 2.48. The van der Waals surface area contributed by atoms with Crippen molar-refractivity contribution in [2.24, 2.45) is 0 Å². The molecule has 0 amide bonds. The highest BCUT2D eigenvalue weighted by atomic mass is 19.4. The van der Waals surface area contributed by atoms with Crippen molar-refractivity contribution in [2.45, 2.75) is 38.0 Å². The number of anilines is 1. The van der Waals surface area contributed by atoms with E-state index in [1.807, 2.05) is 62.4 Å². The van der Waals surface area contributed by atoms with Gasteiger partial charge in [0.25, 0.3) is 0 Å². The largest absolute Gasteiger partial charge is 0.416 e. The van der Waals surface area contributed by atoms with Crippen molar-refractivity contribution in [1.29, 1.82) is 0 Å². The van der Waals surface area contributed by atoms with Gasteiger partial charge in [-0.05, 0) is 43.0 Å². The molecule has 0 saturated carbocycles. The molecule has 0 spiro atoms. The predicted octanol–water partition coefficient (Wildman–Crippen LogP) is 5.71. The molecule has 1 aliphatic rings. The van der Waals surface area contributed by atoms with Gasteiger partial charge in [-0.3, -0.25) is 0 Å². The summed E-state index contributed by atoms with van der Waals surface area (Å²) < 4.78 is 54.5. The summed E-state index contributed by atoms with van der Waals surface area (Å²) in [5.41, 5.74) is 4.02. The molecule has 0 fully saturated rings. The molecule has 32 heavy (non-hydrogen) atoms. The molecule has 0 aliphatic carbocycles. The smallest absolute Gasteiger partial charge is 0.382 e. The van der Waals surface area contributed by atoms with Crippen LogP contribution < -0.4 is 4.90 Å². The number of aryl methyl sites for hydroxylation is 2. The molecule has 0 saturated heterocycles. The van der Waals surface area contributed by atoms with Crippen molar-refractivity contribution in [1.82, 2.24) is 0 Å². The van der Waals surface area contributed by atoms with Crippen LogP contribution in [0.15, 0.2) is 66.7 Å². The zero-order chi connectivity index (χ0) is 23.1. The number of halogens is 4. The second kappa shape index (κ2) is 8.24. The molecule has 1 aliphatic heterocycles. The van der Waals surface area contributed by atoms with Gasteiger partial charge in [-0.25, -0.2) is 4.39 Å². The van der Waals surface area contributed by atoms with E-state index in [2.05, 4.69) is 0 Å². The molecule has 168 valence electrons. The number of aliphatic hydroxyl groups excluding tert-OH is 1. The zero-order valence-corrected chi connectivity index (χ0v) is 18.0. The lowest BCUT2D eigenvalue weighted by Crippen LogP contribution is -2.44. The van der Waals surface area contributed by atoms with E-state index in [4.69, 9.17) is 0 Å². The van der Waals surface area contributed by atoms with E-state index in [-0.39, 0.29) is 12.2 Å². The number of benzene rings is 3. The van der Waals surface area contributed by atoms with E-state index < -0.39 is 30.1 Å². The quantitative estimate of drug-likeness (QED) is 0.511. The molecule has 1 heterocycles. The van der Waals surface area contributed by atoms with Gasteiger partial charge in [-0.1, -0.05) is 71.8 Å². The molecule has 1 unspecified atom stereocenters. The Labute approximate surface area is 185 Å². The maximum absolute atomic E-state index is 15.0. The van der Waals surface area contributed by atoms with Crippen LogP contribution in [0.1, 0.15) is 27.8 Å². The molecular formula is C26H25F4NO. The molecule has 3 aromatic rings. The minimum Gasteiger partial charge on any atom is -0.382 e. The lowest BCUT2D eigenvalue weighted by Gasteiger charge is -2.33. The second-order valence-corrected chi connectivity index (χ2v) is 8.69. The number of hydrogen-bond acceptors (Lipinski definition) is 2. The van der Waals surface area contributed by atoms with Gasteiger partial charge in [-0.15, -0.1) is 0 Å². The summed E-state index contributed by atoms with van der Waals surface area (Å²) >= 11 is 0. The Morgan fingerprint density at radius 1 is 0.969 bits per heavy atom. The van der Waals surface area contributed by atoms with Gasteiger partial charge in [0.05, 0.1) is 12.2 Å². The topological polar surface area (TPSA) is 23.5 Å². The average molecular weight is 443 g/mol. The first-order valence-corrected chi connectivity index (χ1v) is 10.5. The van der Waals surface area contributed by atoms with Crippen molar-refractivity contribution >= 4 is 5.69 Å². The summed E-state index contributed by atoms with van der Waals surface area (Å²) in [5.74, 6) is -0.587. The van der Waals surface area contributed by atoms with Crippen LogP contribution in [0.4, 0.5) is 23.2 Å². The van der Waals surface area contributed by atoms with Crippen LogP contribution in [0, 0.1) is 19.7 Å². The Morgan fingerprint density at radius 3 is 2.28 bits per heavy atom. The Morgan fingerprint density at radius 2 is 1.62 bits per heavy atom. The van der Waals surface area contributed by atoms with Gasteiger partial charge in [-0.2, -0.15) is 13.2 Å². The summed E-state index contributed by atoms with van der Waals surface area (Å²) in [6.07, 6.45) is -6.86.